The summed E-state index contributed by atoms with van der Waals surface area (Å²) < 4.78 is 0. The molecule has 0 saturated heterocycles. The molecule has 1 aliphatic heterocycles. The van der Waals surface area contributed by atoms with E-state index in [2.05, 4.69) is 5.32 Å². The Bertz CT molecular complexity index is 922. The van der Waals surface area contributed by atoms with Crippen LogP contribution in [-0.2, 0) is 11.3 Å². The predicted molar refractivity (Wildman–Crippen MR) is 103 cm³/mol. The van der Waals surface area contributed by atoms with Gasteiger partial charge in [-0.15, -0.1) is 11.3 Å². The number of thiophene rings is 1. The molecule has 5 heteroatoms. The SMILES string of the molecule is O=C(C[C@@H](c1cccs1)N1Cc2ccccc2C1=O)Nc1ccccc1. The fraction of sp³-hybridized carbons (Fsp3) is 0.143. The van der Waals surface area contributed by atoms with Crippen LogP contribution in [0.15, 0.2) is 72.1 Å². The number of para-hydroxylation sites is 1. The summed E-state index contributed by atoms with van der Waals surface area (Å²) in [5.74, 6) is -0.107. The fourth-order valence-electron chi connectivity index (χ4n) is 3.28. The molecule has 4 nitrogen and oxygen atoms in total. The number of rotatable bonds is 5. The Balaban J connectivity index is 1.57. The first-order valence-electron chi connectivity index (χ1n) is 8.49. The van der Waals surface area contributed by atoms with Crippen molar-refractivity contribution in [3.63, 3.8) is 0 Å². The number of benzene rings is 2. The minimum atomic E-state index is -0.265. The van der Waals surface area contributed by atoms with Gasteiger partial charge in [0.25, 0.3) is 5.91 Å². The van der Waals surface area contributed by atoms with Crippen LogP contribution in [0, 0.1) is 0 Å². The Labute approximate surface area is 156 Å². The number of amides is 2. The molecule has 0 fully saturated rings. The Hall–Kier alpha value is -2.92. The first-order chi connectivity index (χ1) is 12.7. The van der Waals surface area contributed by atoms with Gasteiger partial charge in [0.05, 0.1) is 12.5 Å². The van der Waals surface area contributed by atoms with Crippen LogP contribution in [0.5, 0.6) is 0 Å². The van der Waals surface area contributed by atoms with Gasteiger partial charge in [-0.05, 0) is 35.2 Å². The molecule has 2 amide bonds. The molecule has 2 heterocycles. The average molecular weight is 362 g/mol. The second-order valence-corrected chi connectivity index (χ2v) is 7.22. The molecule has 0 unspecified atom stereocenters. The maximum Gasteiger partial charge on any atom is 0.255 e. The van der Waals surface area contributed by atoms with Crippen molar-refractivity contribution in [1.29, 1.82) is 0 Å². The summed E-state index contributed by atoms with van der Waals surface area (Å²) in [6, 6.07) is 20.7. The van der Waals surface area contributed by atoms with Gasteiger partial charge in [0.15, 0.2) is 0 Å². The number of hydrogen-bond acceptors (Lipinski definition) is 3. The van der Waals surface area contributed by atoms with E-state index in [4.69, 9.17) is 0 Å². The maximum absolute atomic E-state index is 12.9. The van der Waals surface area contributed by atoms with Crippen molar-refractivity contribution >= 4 is 28.8 Å². The molecular formula is C21H18N2O2S. The molecule has 3 aromatic rings. The first kappa shape index (κ1) is 16.5. The molecule has 0 spiro atoms. The molecule has 0 radical (unpaired) electrons. The van der Waals surface area contributed by atoms with Crippen LogP contribution < -0.4 is 5.32 Å². The highest BCUT2D eigenvalue weighted by Gasteiger charge is 2.34. The Morgan fingerprint density at radius 1 is 1.04 bits per heavy atom. The number of anilines is 1. The summed E-state index contributed by atoms with van der Waals surface area (Å²) in [5, 5.41) is 4.90. The monoisotopic (exact) mass is 362 g/mol. The minimum absolute atomic E-state index is 0.00786. The Morgan fingerprint density at radius 3 is 2.54 bits per heavy atom. The van der Waals surface area contributed by atoms with Crippen molar-refractivity contribution < 1.29 is 9.59 Å². The van der Waals surface area contributed by atoms with Gasteiger partial charge >= 0.3 is 0 Å². The van der Waals surface area contributed by atoms with E-state index in [0.29, 0.717) is 6.54 Å². The fourth-order valence-corrected chi connectivity index (χ4v) is 4.12. The summed E-state index contributed by atoms with van der Waals surface area (Å²) in [5.41, 5.74) is 2.51. The van der Waals surface area contributed by atoms with E-state index in [1.54, 1.807) is 16.2 Å². The lowest BCUT2D eigenvalue weighted by atomic mass is 10.1. The summed E-state index contributed by atoms with van der Waals surface area (Å²) in [7, 11) is 0. The van der Waals surface area contributed by atoms with E-state index in [9.17, 15) is 9.59 Å². The third-order valence-corrected chi connectivity index (χ3v) is 5.51. The van der Waals surface area contributed by atoms with Crippen molar-refractivity contribution in [2.45, 2.75) is 19.0 Å². The molecule has 4 rings (SSSR count). The van der Waals surface area contributed by atoms with E-state index in [0.717, 1.165) is 21.7 Å². The van der Waals surface area contributed by atoms with Gasteiger partial charge in [0.1, 0.15) is 0 Å². The van der Waals surface area contributed by atoms with Crippen molar-refractivity contribution in [2.24, 2.45) is 0 Å². The second-order valence-electron chi connectivity index (χ2n) is 6.24. The number of carbonyl (C=O) groups excluding carboxylic acids is 2. The van der Waals surface area contributed by atoms with E-state index in [-0.39, 0.29) is 24.3 Å². The molecule has 2 aromatic carbocycles. The van der Waals surface area contributed by atoms with E-state index in [1.165, 1.54) is 0 Å². The van der Waals surface area contributed by atoms with Crippen molar-refractivity contribution in [3.05, 3.63) is 88.1 Å². The largest absolute Gasteiger partial charge is 0.326 e. The zero-order valence-electron chi connectivity index (χ0n) is 14.1. The number of hydrogen-bond donors (Lipinski definition) is 1. The minimum Gasteiger partial charge on any atom is -0.326 e. The molecule has 1 aliphatic rings. The summed E-state index contributed by atoms with van der Waals surface area (Å²) >= 11 is 1.57. The van der Waals surface area contributed by atoms with Crippen molar-refractivity contribution in [1.82, 2.24) is 4.90 Å². The number of fused-ring (bicyclic) bond motifs is 1. The van der Waals surface area contributed by atoms with Crippen LogP contribution in [0.2, 0.25) is 0 Å². The van der Waals surface area contributed by atoms with Gasteiger partial charge < -0.3 is 10.2 Å². The molecule has 1 N–H and O–H groups in total. The van der Waals surface area contributed by atoms with Gasteiger partial charge in [0, 0.05) is 22.7 Å². The van der Waals surface area contributed by atoms with Crippen LogP contribution in [0.25, 0.3) is 0 Å². The number of carbonyl (C=O) groups is 2. The van der Waals surface area contributed by atoms with Crippen molar-refractivity contribution in [3.8, 4) is 0 Å². The zero-order valence-corrected chi connectivity index (χ0v) is 14.9. The van der Waals surface area contributed by atoms with E-state index in [1.807, 2.05) is 72.1 Å². The average Bonchev–Trinajstić information content (AvgIpc) is 3.30. The summed E-state index contributed by atoms with van der Waals surface area (Å²) in [4.78, 5) is 28.3. The predicted octanol–water partition coefficient (Wildman–Crippen LogP) is 4.47. The van der Waals surface area contributed by atoms with Crippen LogP contribution in [0.1, 0.15) is 33.3 Å². The third-order valence-electron chi connectivity index (χ3n) is 4.53. The smallest absolute Gasteiger partial charge is 0.255 e. The standard InChI is InChI=1S/C21H18N2O2S/c24-20(22-16-8-2-1-3-9-16)13-18(19-11-6-12-26-19)23-14-15-7-4-5-10-17(15)21(23)25/h1-12,18H,13-14H2,(H,22,24)/t18-/m0/s1. The zero-order chi connectivity index (χ0) is 17.9. The Morgan fingerprint density at radius 2 is 1.81 bits per heavy atom. The highest BCUT2D eigenvalue weighted by Crippen LogP contribution is 2.35. The van der Waals surface area contributed by atoms with Gasteiger partial charge in [-0.1, -0.05) is 42.5 Å². The van der Waals surface area contributed by atoms with Gasteiger partial charge in [-0.25, -0.2) is 0 Å². The topological polar surface area (TPSA) is 49.4 Å². The third kappa shape index (κ3) is 3.26. The number of nitrogens with zero attached hydrogens (tertiary/aromatic N) is 1. The van der Waals surface area contributed by atoms with Crippen molar-refractivity contribution in [2.75, 3.05) is 5.32 Å². The lowest BCUT2D eigenvalue weighted by Gasteiger charge is -2.26. The molecule has 0 bridgehead atoms. The highest BCUT2D eigenvalue weighted by atomic mass is 32.1. The quantitative estimate of drug-likeness (QED) is 0.728. The van der Waals surface area contributed by atoms with Crippen LogP contribution in [0.3, 0.4) is 0 Å². The van der Waals surface area contributed by atoms with Gasteiger partial charge in [0.2, 0.25) is 5.91 Å². The van der Waals surface area contributed by atoms with Gasteiger partial charge in [-0.3, -0.25) is 9.59 Å². The molecule has 26 heavy (non-hydrogen) atoms. The number of nitrogens with one attached hydrogen (secondary N) is 1. The summed E-state index contributed by atoms with van der Waals surface area (Å²) in [6.07, 6.45) is 0.231. The maximum atomic E-state index is 12.9. The van der Waals surface area contributed by atoms with Gasteiger partial charge in [-0.2, -0.15) is 0 Å². The first-order valence-corrected chi connectivity index (χ1v) is 9.37. The highest BCUT2D eigenvalue weighted by molar-refractivity contribution is 7.10. The molecule has 1 aromatic heterocycles. The lowest BCUT2D eigenvalue weighted by Crippen LogP contribution is -2.31. The van der Waals surface area contributed by atoms with Crippen LogP contribution >= 0.6 is 11.3 Å². The van der Waals surface area contributed by atoms with Crippen LogP contribution in [-0.4, -0.2) is 16.7 Å². The molecule has 1 atom stereocenters. The van der Waals surface area contributed by atoms with Crippen LogP contribution in [0.4, 0.5) is 5.69 Å². The lowest BCUT2D eigenvalue weighted by molar-refractivity contribution is -0.117. The van der Waals surface area contributed by atoms with E-state index < -0.39 is 0 Å². The molecular weight excluding hydrogens is 344 g/mol. The van der Waals surface area contributed by atoms with E-state index >= 15 is 0 Å². The molecule has 130 valence electrons. The molecule has 0 saturated carbocycles. The second kappa shape index (κ2) is 7.14. The summed E-state index contributed by atoms with van der Waals surface area (Å²) in [6.45, 7) is 0.538. The normalized spacial score (nSPS) is 14.2. The molecule has 0 aliphatic carbocycles. The Kier molecular flexibility index (Phi) is 4.54.